The van der Waals surface area contributed by atoms with Gasteiger partial charge in [0.25, 0.3) is 10.1 Å². The molecule has 0 bridgehead atoms. The van der Waals surface area contributed by atoms with E-state index in [1.165, 1.54) is 0 Å². The summed E-state index contributed by atoms with van der Waals surface area (Å²) in [5.41, 5.74) is -0.972. The summed E-state index contributed by atoms with van der Waals surface area (Å²) in [7, 11) is -4.22. The van der Waals surface area contributed by atoms with Crippen LogP contribution in [-0.4, -0.2) is 30.8 Å². The van der Waals surface area contributed by atoms with Gasteiger partial charge in [-0.15, -0.1) is 0 Å². The number of carbonyl (C=O) groups is 1. The van der Waals surface area contributed by atoms with Crippen molar-refractivity contribution in [2.45, 2.75) is 53.2 Å². The maximum Gasteiger partial charge on any atom is 0.311 e. The third-order valence-corrected chi connectivity index (χ3v) is 3.42. The molecule has 1 atom stereocenters. The molecule has 0 aliphatic rings. The number of hydrogen-bond acceptors (Lipinski definition) is 4. The average molecular weight is 280 g/mol. The van der Waals surface area contributed by atoms with Gasteiger partial charge in [0.05, 0.1) is 5.41 Å². The van der Waals surface area contributed by atoms with E-state index in [1.54, 1.807) is 20.8 Å². The molecular weight excluding hydrogens is 256 g/mol. The number of carbonyl (C=O) groups excluding carboxylic acids is 1. The molecule has 0 radical (unpaired) electrons. The molecule has 0 aromatic heterocycles. The normalized spacial score (nSPS) is 15.3. The molecule has 0 aromatic carbocycles. The Bertz CT molecular complexity index is 384. The summed E-state index contributed by atoms with van der Waals surface area (Å²) in [4.78, 5) is 11.6. The van der Waals surface area contributed by atoms with Gasteiger partial charge in [-0.1, -0.05) is 20.8 Å². The van der Waals surface area contributed by atoms with Gasteiger partial charge in [-0.3, -0.25) is 9.35 Å². The summed E-state index contributed by atoms with van der Waals surface area (Å²) in [5, 5.41) is -1.08. The van der Waals surface area contributed by atoms with Crippen LogP contribution in [0.25, 0.3) is 0 Å². The lowest BCUT2D eigenvalue weighted by Gasteiger charge is -2.25. The van der Waals surface area contributed by atoms with Crippen LogP contribution in [0.2, 0.25) is 0 Å². The second kappa shape index (κ2) is 5.57. The molecule has 0 heterocycles. The van der Waals surface area contributed by atoms with E-state index in [-0.39, 0.29) is 18.4 Å². The van der Waals surface area contributed by atoms with E-state index in [0.717, 1.165) is 0 Å². The average Bonchev–Trinajstić information content (AvgIpc) is 2.06. The predicted octanol–water partition coefficient (Wildman–Crippen LogP) is 2.27. The quantitative estimate of drug-likeness (QED) is 0.631. The molecule has 1 N–H and O–H groups in total. The van der Waals surface area contributed by atoms with Crippen molar-refractivity contribution < 1.29 is 22.5 Å². The van der Waals surface area contributed by atoms with Gasteiger partial charge >= 0.3 is 5.97 Å². The molecule has 108 valence electrons. The summed E-state index contributed by atoms with van der Waals surface area (Å²) in [6.07, 6.45) is 0.225. The summed E-state index contributed by atoms with van der Waals surface area (Å²) in [6.45, 7) is 10.3. The van der Waals surface area contributed by atoms with Crippen molar-refractivity contribution in [1.82, 2.24) is 0 Å². The Morgan fingerprint density at radius 1 is 1.17 bits per heavy atom. The van der Waals surface area contributed by atoms with Crippen LogP contribution in [0, 0.1) is 10.8 Å². The minimum Gasteiger partial charge on any atom is -0.464 e. The molecular formula is C12H24O5S. The predicted molar refractivity (Wildman–Crippen MR) is 69.8 cm³/mol. The second-order valence-corrected chi connectivity index (χ2v) is 8.45. The Morgan fingerprint density at radius 2 is 1.61 bits per heavy atom. The Hall–Kier alpha value is -0.620. The number of hydrogen-bond donors (Lipinski definition) is 1. The van der Waals surface area contributed by atoms with E-state index in [4.69, 9.17) is 9.29 Å². The first-order chi connectivity index (χ1) is 7.73. The fraction of sp³-hybridized carbons (Fsp3) is 0.917. The van der Waals surface area contributed by atoms with Gasteiger partial charge in [-0.2, -0.15) is 8.42 Å². The smallest absolute Gasteiger partial charge is 0.311 e. The van der Waals surface area contributed by atoms with Crippen molar-refractivity contribution in [3.05, 3.63) is 0 Å². The van der Waals surface area contributed by atoms with Crippen LogP contribution in [0.4, 0.5) is 0 Å². The Labute approximate surface area is 110 Å². The van der Waals surface area contributed by atoms with Crippen molar-refractivity contribution in [2.24, 2.45) is 10.8 Å². The van der Waals surface area contributed by atoms with Crippen LogP contribution in [0.1, 0.15) is 48.0 Å². The zero-order chi connectivity index (χ0) is 14.8. The van der Waals surface area contributed by atoms with Crippen molar-refractivity contribution in [1.29, 1.82) is 0 Å². The van der Waals surface area contributed by atoms with E-state index in [1.807, 2.05) is 20.8 Å². The molecule has 18 heavy (non-hydrogen) atoms. The summed E-state index contributed by atoms with van der Waals surface area (Å²) >= 11 is 0. The van der Waals surface area contributed by atoms with Crippen LogP contribution in [0.3, 0.4) is 0 Å². The molecule has 0 aliphatic heterocycles. The highest BCUT2D eigenvalue weighted by atomic mass is 32.2. The van der Waals surface area contributed by atoms with E-state index < -0.39 is 26.8 Å². The highest BCUT2D eigenvalue weighted by Gasteiger charge is 2.31. The van der Waals surface area contributed by atoms with Gasteiger partial charge in [-0.05, 0) is 32.6 Å². The summed E-state index contributed by atoms with van der Waals surface area (Å²) in [6, 6.07) is 0. The molecule has 0 rings (SSSR count). The zero-order valence-electron chi connectivity index (χ0n) is 12.0. The molecule has 5 nitrogen and oxygen atoms in total. The van der Waals surface area contributed by atoms with Gasteiger partial charge in [-0.25, -0.2) is 0 Å². The fourth-order valence-electron chi connectivity index (χ4n) is 1.32. The first-order valence-corrected chi connectivity index (χ1v) is 7.37. The Balaban J connectivity index is 4.71. The third-order valence-electron chi connectivity index (χ3n) is 2.27. The van der Waals surface area contributed by atoms with Gasteiger partial charge in [0.1, 0.15) is 11.9 Å². The van der Waals surface area contributed by atoms with Crippen LogP contribution in [0.5, 0.6) is 0 Å². The standard InChI is InChI=1S/C12H24O5S/c1-11(2,3)7-9(18(14,15)16)8-17-10(13)12(4,5)6/h9H,7-8H2,1-6H3,(H,14,15,16). The molecule has 0 amide bonds. The molecule has 0 fully saturated rings. The second-order valence-electron chi connectivity index (χ2n) is 6.75. The van der Waals surface area contributed by atoms with Crippen molar-refractivity contribution >= 4 is 16.1 Å². The molecule has 0 aromatic rings. The molecule has 0 spiro atoms. The van der Waals surface area contributed by atoms with Crippen LogP contribution >= 0.6 is 0 Å². The van der Waals surface area contributed by atoms with Crippen molar-refractivity contribution in [3.8, 4) is 0 Å². The summed E-state index contributed by atoms with van der Waals surface area (Å²) < 4.78 is 36.6. The Morgan fingerprint density at radius 3 is 1.89 bits per heavy atom. The van der Waals surface area contributed by atoms with E-state index in [9.17, 15) is 13.2 Å². The van der Waals surface area contributed by atoms with E-state index in [2.05, 4.69) is 0 Å². The number of ether oxygens (including phenoxy) is 1. The minimum absolute atomic E-state index is 0.225. The maximum atomic E-state index is 11.6. The monoisotopic (exact) mass is 280 g/mol. The topological polar surface area (TPSA) is 80.7 Å². The number of esters is 1. The largest absolute Gasteiger partial charge is 0.464 e. The van der Waals surface area contributed by atoms with Gasteiger partial charge in [0.15, 0.2) is 0 Å². The molecule has 0 aliphatic carbocycles. The molecule has 0 saturated carbocycles. The summed E-state index contributed by atoms with van der Waals surface area (Å²) in [5.74, 6) is -0.481. The maximum absolute atomic E-state index is 11.6. The third kappa shape index (κ3) is 6.96. The van der Waals surface area contributed by atoms with Crippen LogP contribution in [-0.2, 0) is 19.6 Å². The van der Waals surface area contributed by atoms with Gasteiger partial charge in [0, 0.05) is 0 Å². The zero-order valence-corrected chi connectivity index (χ0v) is 12.8. The Kier molecular flexibility index (Phi) is 5.38. The lowest BCUT2D eigenvalue weighted by Crippen LogP contribution is -2.34. The lowest BCUT2D eigenvalue weighted by molar-refractivity contribution is -0.153. The lowest BCUT2D eigenvalue weighted by atomic mass is 9.90. The minimum atomic E-state index is -4.22. The number of rotatable bonds is 4. The van der Waals surface area contributed by atoms with Crippen LogP contribution in [0.15, 0.2) is 0 Å². The van der Waals surface area contributed by atoms with Gasteiger partial charge in [0.2, 0.25) is 0 Å². The highest BCUT2D eigenvalue weighted by Crippen LogP contribution is 2.25. The first-order valence-electron chi connectivity index (χ1n) is 5.87. The first kappa shape index (κ1) is 17.4. The molecule has 0 saturated heterocycles. The van der Waals surface area contributed by atoms with Gasteiger partial charge < -0.3 is 4.74 Å². The molecule has 6 heteroatoms. The van der Waals surface area contributed by atoms with E-state index >= 15 is 0 Å². The van der Waals surface area contributed by atoms with Crippen molar-refractivity contribution in [2.75, 3.05) is 6.61 Å². The SMILES string of the molecule is CC(C)(C)CC(COC(=O)C(C)(C)C)S(=O)(=O)O. The van der Waals surface area contributed by atoms with Crippen molar-refractivity contribution in [3.63, 3.8) is 0 Å². The van der Waals surface area contributed by atoms with Crippen LogP contribution < -0.4 is 0 Å². The fourth-order valence-corrected chi connectivity index (χ4v) is 2.27. The molecule has 1 unspecified atom stereocenters. The highest BCUT2D eigenvalue weighted by molar-refractivity contribution is 7.86. The van der Waals surface area contributed by atoms with E-state index in [0.29, 0.717) is 0 Å².